The molecule has 0 bridgehead atoms. The second kappa shape index (κ2) is 5.77. The van der Waals surface area contributed by atoms with Crippen LogP contribution in [-0.4, -0.2) is 10.2 Å². The maximum atomic E-state index is 9.94. The Hall–Kier alpha value is -2.98. The summed E-state index contributed by atoms with van der Waals surface area (Å²) in [5.41, 5.74) is 2.42. The van der Waals surface area contributed by atoms with Crippen LogP contribution in [-0.2, 0) is 12.8 Å². The first kappa shape index (κ1) is 13.5. The molecule has 4 nitrogen and oxygen atoms in total. The van der Waals surface area contributed by atoms with Gasteiger partial charge in [0.15, 0.2) is 0 Å². The largest absolute Gasteiger partial charge is 0.507 e. The zero-order chi connectivity index (χ0) is 14.5. The predicted molar refractivity (Wildman–Crippen MR) is 73.8 cm³/mol. The van der Waals surface area contributed by atoms with Gasteiger partial charge in [0, 0.05) is 11.1 Å². The third kappa shape index (κ3) is 2.71. The molecule has 0 saturated heterocycles. The van der Waals surface area contributed by atoms with Gasteiger partial charge in [0.2, 0.25) is 0 Å². The molecule has 2 aromatic rings. The van der Waals surface area contributed by atoms with Crippen LogP contribution in [0.1, 0.15) is 11.1 Å². The van der Waals surface area contributed by atoms with Gasteiger partial charge in [-0.3, -0.25) is 0 Å². The molecular weight excluding hydrogens is 252 g/mol. The molecule has 0 aliphatic rings. The van der Waals surface area contributed by atoms with Crippen LogP contribution in [0.3, 0.4) is 0 Å². The van der Waals surface area contributed by atoms with Gasteiger partial charge in [-0.2, -0.15) is 10.5 Å². The summed E-state index contributed by atoms with van der Waals surface area (Å²) < 4.78 is 0. The number of nitriles is 2. The summed E-state index contributed by atoms with van der Waals surface area (Å²) >= 11 is 0. The number of rotatable bonds is 3. The molecule has 2 N–H and O–H groups in total. The molecule has 20 heavy (non-hydrogen) atoms. The smallest absolute Gasteiger partial charge is 0.123 e. The first-order chi connectivity index (χ1) is 9.65. The molecule has 4 heteroatoms. The van der Waals surface area contributed by atoms with E-state index in [0.717, 1.165) is 11.1 Å². The van der Waals surface area contributed by atoms with Gasteiger partial charge in [0.25, 0.3) is 0 Å². The molecule has 0 atom stereocenters. The number of phenolic OH excluding ortho intramolecular Hbond substituents is 2. The Labute approximate surface area is 116 Å². The molecule has 2 rings (SSSR count). The van der Waals surface area contributed by atoms with E-state index in [4.69, 9.17) is 10.5 Å². The molecule has 2 aromatic carbocycles. The van der Waals surface area contributed by atoms with E-state index in [0.29, 0.717) is 11.1 Å². The van der Waals surface area contributed by atoms with Gasteiger partial charge in [-0.05, 0) is 35.4 Å². The zero-order valence-electron chi connectivity index (χ0n) is 10.7. The van der Waals surface area contributed by atoms with Crippen molar-refractivity contribution >= 4 is 0 Å². The SMILES string of the molecule is N#CCc1ccc(O)c(-c2cc(CC#N)ccc2O)c1. The summed E-state index contributed by atoms with van der Waals surface area (Å²) in [7, 11) is 0. The molecule has 98 valence electrons. The third-order valence-electron chi connectivity index (χ3n) is 2.98. The van der Waals surface area contributed by atoms with E-state index in [1.165, 1.54) is 12.1 Å². The number of phenols is 2. The zero-order valence-corrected chi connectivity index (χ0v) is 10.7. The average Bonchev–Trinajstić information content (AvgIpc) is 2.44. The summed E-state index contributed by atoms with van der Waals surface area (Å²) in [5, 5.41) is 37.3. The molecule has 0 radical (unpaired) electrons. The van der Waals surface area contributed by atoms with Gasteiger partial charge < -0.3 is 10.2 Å². The number of aromatic hydroxyl groups is 2. The van der Waals surface area contributed by atoms with E-state index in [-0.39, 0.29) is 24.3 Å². The van der Waals surface area contributed by atoms with Crippen LogP contribution >= 0.6 is 0 Å². The lowest BCUT2D eigenvalue weighted by molar-refractivity contribution is 0.469. The summed E-state index contributed by atoms with van der Waals surface area (Å²) in [6.07, 6.45) is 0.456. The number of benzene rings is 2. The first-order valence-electron chi connectivity index (χ1n) is 6.03. The van der Waals surface area contributed by atoms with Crippen LogP contribution in [0.25, 0.3) is 11.1 Å². The number of hydrogen-bond donors (Lipinski definition) is 2. The van der Waals surface area contributed by atoms with Crippen molar-refractivity contribution in [3.63, 3.8) is 0 Å². The van der Waals surface area contributed by atoms with Crippen LogP contribution in [0.2, 0.25) is 0 Å². The van der Waals surface area contributed by atoms with Crippen LogP contribution in [0, 0.1) is 22.7 Å². The van der Waals surface area contributed by atoms with Gasteiger partial charge in [-0.1, -0.05) is 12.1 Å². The summed E-state index contributed by atoms with van der Waals surface area (Å²) in [5.74, 6) is 0.0483. The number of nitrogens with zero attached hydrogens (tertiary/aromatic N) is 2. The highest BCUT2D eigenvalue weighted by Crippen LogP contribution is 2.36. The van der Waals surface area contributed by atoms with Gasteiger partial charge in [0.05, 0.1) is 25.0 Å². The first-order valence-corrected chi connectivity index (χ1v) is 6.03. The Bertz CT molecular complexity index is 661. The fourth-order valence-electron chi connectivity index (χ4n) is 2.00. The molecule has 0 aliphatic heterocycles. The molecule has 0 fully saturated rings. The Kier molecular flexibility index (Phi) is 3.88. The fourth-order valence-corrected chi connectivity index (χ4v) is 2.00. The highest BCUT2D eigenvalue weighted by atomic mass is 16.3. The Morgan fingerprint density at radius 1 is 0.750 bits per heavy atom. The second-order valence-corrected chi connectivity index (χ2v) is 4.37. The maximum absolute atomic E-state index is 9.94. The monoisotopic (exact) mass is 264 g/mol. The molecule has 0 unspecified atom stereocenters. The van der Waals surface area contributed by atoms with Crippen molar-refractivity contribution in [2.75, 3.05) is 0 Å². The Morgan fingerprint density at radius 3 is 1.50 bits per heavy atom. The standard InChI is InChI=1S/C16H12N2O2/c17-7-5-11-1-3-15(19)13(9-11)14-10-12(6-8-18)2-4-16(14)20/h1-4,9-10,19-20H,5-6H2. The highest BCUT2D eigenvalue weighted by Gasteiger charge is 2.11. The molecule has 0 spiro atoms. The molecule has 0 amide bonds. The van der Waals surface area contributed by atoms with Crippen LogP contribution in [0.15, 0.2) is 36.4 Å². The lowest BCUT2D eigenvalue weighted by Crippen LogP contribution is -1.88. The van der Waals surface area contributed by atoms with Crippen molar-refractivity contribution in [1.29, 1.82) is 10.5 Å². The topological polar surface area (TPSA) is 88.0 Å². The summed E-state index contributed by atoms with van der Waals surface area (Å²) in [4.78, 5) is 0. The van der Waals surface area contributed by atoms with Crippen molar-refractivity contribution in [3.05, 3.63) is 47.5 Å². The van der Waals surface area contributed by atoms with Crippen LogP contribution in [0.5, 0.6) is 11.5 Å². The number of hydrogen-bond acceptors (Lipinski definition) is 4. The van der Waals surface area contributed by atoms with Crippen molar-refractivity contribution < 1.29 is 10.2 Å². The van der Waals surface area contributed by atoms with E-state index in [9.17, 15) is 10.2 Å². The van der Waals surface area contributed by atoms with E-state index in [1.54, 1.807) is 24.3 Å². The van der Waals surface area contributed by atoms with Crippen molar-refractivity contribution in [2.45, 2.75) is 12.8 Å². The van der Waals surface area contributed by atoms with Crippen molar-refractivity contribution in [3.8, 4) is 34.8 Å². The van der Waals surface area contributed by atoms with Crippen molar-refractivity contribution in [2.24, 2.45) is 0 Å². The average molecular weight is 264 g/mol. The second-order valence-electron chi connectivity index (χ2n) is 4.37. The Morgan fingerprint density at radius 2 is 1.15 bits per heavy atom. The lowest BCUT2D eigenvalue weighted by atomic mass is 9.97. The molecule has 0 heterocycles. The van der Waals surface area contributed by atoms with E-state index in [1.807, 2.05) is 12.1 Å². The van der Waals surface area contributed by atoms with E-state index >= 15 is 0 Å². The van der Waals surface area contributed by atoms with Gasteiger partial charge >= 0.3 is 0 Å². The van der Waals surface area contributed by atoms with E-state index < -0.39 is 0 Å². The van der Waals surface area contributed by atoms with Crippen LogP contribution in [0.4, 0.5) is 0 Å². The lowest BCUT2D eigenvalue weighted by Gasteiger charge is -2.10. The quantitative estimate of drug-likeness (QED) is 0.892. The van der Waals surface area contributed by atoms with Gasteiger partial charge in [-0.25, -0.2) is 0 Å². The van der Waals surface area contributed by atoms with E-state index in [2.05, 4.69) is 0 Å². The molecule has 0 saturated carbocycles. The van der Waals surface area contributed by atoms with Crippen molar-refractivity contribution in [1.82, 2.24) is 0 Å². The fraction of sp³-hybridized carbons (Fsp3) is 0.125. The normalized spacial score (nSPS) is 9.70. The molecule has 0 aromatic heterocycles. The third-order valence-corrected chi connectivity index (χ3v) is 2.98. The maximum Gasteiger partial charge on any atom is 0.123 e. The molecule has 0 aliphatic carbocycles. The minimum Gasteiger partial charge on any atom is -0.507 e. The Balaban J connectivity index is 2.55. The van der Waals surface area contributed by atoms with Crippen LogP contribution < -0.4 is 0 Å². The predicted octanol–water partition coefficient (Wildman–Crippen LogP) is 2.90. The minimum atomic E-state index is 0.0242. The molecular formula is C16H12N2O2. The van der Waals surface area contributed by atoms with Gasteiger partial charge in [0.1, 0.15) is 11.5 Å². The highest BCUT2D eigenvalue weighted by molar-refractivity contribution is 5.76. The minimum absolute atomic E-state index is 0.0242. The summed E-state index contributed by atoms with van der Waals surface area (Å²) in [6, 6.07) is 13.7. The van der Waals surface area contributed by atoms with Gasteiger partial charge in [-0.15, -0.1) is 0 Å². The summed E-state index contributed by atoms with van der Waals surface area (Å²) in [6.45, 7) is 0.